The monoisotopic (exact) mass is 367 g/mol. The Labute approximate surface area is 146 Å². The van der Waals surface area contributed by atoms with Crippen LogP contribution < -0.4 is 10.0 Å². The lowest BCUT2D eigenvalue weighted by Gasteiger charge is -2.04. The predicted molar refractivity (Wildman–Crippen MR) is 98.8 cm³/mol. The number of thiazole rings is 1. The minimum absolute atomic E-state index is 0.0166. The van der Waals surface area contributed by atoms with E-state index in [1.807, 2.05) is 5.38 Å². The van der Waals surface area contributed by atoms with Crippen LogP contribution in [0.15, 0.2) is 29.6 Å². The Kier molecular flexibility index (Phi) is 6.33. The van der Waals surface area contributed by atoms with E-state index in [1.165, 1.54) is 11.3 Å². The van der Waals surface area contributed by atoms with Crippen molar-refractivity contribution in [2.24, 2.45) is 0 Å². The number of aromatic nitrogens is 1. The number of anilines is 2. The fourth-order valence-corrected chi connectivity index (χ4v) is 3.40. The van der Waals surface area contributed by atoms with Crippen LogP contribution in [-0.4, -0.2) is 25.6 Å². The number of amides is 1. The molecular formula is C16H21N3O3S2. The first kappa shape index (κ1) is 18.4. The molecule has 1 aromatic heterocycles. The number of nitrogens with one attached hydrogen (secondary N) is 2. The molecule has 8 heteroatoms. The van der Waals surface area contributed by atoms with Crippen molar-refractivity contribution in [3.63, 3.8) is 0 Å². The normalized spacial score (nSPS) is 11.2. The maximum Gasteiger partial charge on any atom is 0.229 e. The van der Waals surface area contributed by atoms with E-state index in [0.29, 0.717) is 17.2 Å². The quantitative estimate of drug-likeness (QED) is 0.696. The van der Waals surface area contributed by atoms with Crippen molar-refractivity contribution < 1.29 is 13.2 Å². The van der Waals surface area contributed by atoms with Crippen molar-refractivity contribution in [3.05, 3.63) is 29.6 Å². The van der Waals surface area contributed by atoms with Gasteiger partial charge in [0.25, 0.3) is 0 Å². The lowest BCUT2D eigenvalue weighted by Crippen LogP contribution is -2.10. The molecule has 0 saturated carbocycles. The number of sulfonamides is 1. The zero-order valence-electron chi connectivity index (χ0n) is 13.7. The van der Waals surface area contributed by atoms with Crippen LogP contribution in [-0.2, 0) is 14.8 Å². The molecule has 130 valence electrons. The highest BCUT2D eigenvalue weighted by Crippen LogP contribution is 2.26. The van der Waals surface area contributed by atoms with Crippen LogP contribution in [0.1, 0.15) is 32.6 Å². The number of carbonyl (C=O) groups excluding carboxylic acids is 1. The summed E-state index contributed by atoms with van der Waals surface area (Å²) >= 11 is 1.37. The molecule has 0 spiro atoms. The van der Waals surface area contributed by atoms with E-state index in [0.717, 1.165) is 36.8 Å². The van der Waals surface area contributed by atoms with Gasteiger partial charge in [-0.05, 0) is 18.6 Å². The first-order valence-electron chi connectivity index (χ1n) is 7.71. The van der Waals surface area contributed by atoms with Crippen molar-refractivity contribution in [2.45, 2.75) is 32.6 Å². The molecule has 0 unspecified atom stereocenters. The topological polar surface area (TPSA) is 88.2 Å². The molecule has 2 rings (SSSR count). The minimum atomic E-state index is -3.28. The molecule has 6 nitrogen and oxygen atoms in total. The van der Waals surface area contributed by atoms with E-state index in [1.54, 1.807) is 24.3 Å². The average Bonchev–Trinajstić information content (AvgIpc) is 2.95. The summed E-state index contributed by atoms with van der Waals surface area (Å²) in [6, 6.07) is 6.93. The number of hydrogen-bond acceptors (Lipinski definition) is 5. The Balaban J connectivity index is 1.98. The predicted octanol–water partition coefficient (Wildman–Crippen LogP) is 3.70. The first-order valence-corrected chi connectivity index (χ1v) is 10.5. The van der Waals surface area contributed by atoms with Gasteiger partial charge in [0.1, 0.15) is 0 Å². The molecule has 0 bridgehead atoms. The van der Waals surface area contributed by atoms with Gasteiger partial charge in [-0.15, -0.1) is 11.3 Å². The fourth-order valence-electron chi connectivity index (χ4n) is 2.10. The Morgan fingerprint density at radius 3 is 2.54 bits per heavy atom. The third-order valence-electron chi connectivity index (χ3n) is 3.24. The number of unbranched alkanes of at least 4 members (excludes halogenated alkanes) is 2. The summed E-state index contributed by atoms with van der Waals surface area (Å²) in [7, 11) is -3.28. The number of rotatable bonds is 8. The number of nitrogens with zero attached hydrogens (tertiary/aromatic N) is 1. The number of benzene rings is 1. The van der Waals surface area contributed by atoms with E-state index >= 15 is 0 Å². The molecule has 1 amide bonds. The maximum atomic E-state index is 11.8. The van der Waals surface area contributed by atoms with Gasteiger partial charge < -0.3 is 5.32 Å². The van der Waals surface area contributed by atoms with Gasteiger partial charge in [0.2, 0.25) is 15.9 Å². The van der Waals surface area contributed by atoms with Gasteiger partial charge in [-0.2, -0.15) is 0 Å². The molecular weight excluding hydrogens is 346 g/mol. The lowest BCUT2D eigenvalue weighted by atomic mass is 10.1. The zero-order chi connectivity index (χ0) is 17.6. The second-order valence-electron chi connectivity index (χ2n) is 5.49. The van der Waals surface area contributed by atoms with Gasteiger partial charge in [0.05, 0.1) is 11.9 Å². The molecule has 1 heterocycles. The van der Waals surface area contributed by atoms with E-state index < -0.39 is 10.0 Å². The van der Waals surface area contributed by atoms with Gasteiger partial charge in [-0.25, -0.2) is 13.4 Å². The highest BCUT2D eigenvalue weighted by molar-refractivity contribution is 7.92. The summed E-state index contributed by atoms with van der Waals surface area (Å²) in [6.07, 6.45) is 4.63. The first-order chi connectivity index (χ1) is 11.4. The molecule has 24 heavy (non-hydrogen) atoms. The zero-order valence-corrected chi connectivity index (χ0v) is 15.3. The maximum absolute atomic E-state index is 11.8. The van der Waals surface area contributed by atoms with Gasteiger partial charge in [0.15, 0.2) is 5.13 Å². The Morgan fingerprint density at radius 2 is 1.92 bits per heavy atom. The number of carbonyl (C=O) groups is 1. The van der Waals surface area contributed by atoms with E-state index in [2.05, 4.69) is 21.9 Å². The molecule has 0 aliphatic rings. The summed E-state index contributed by atoms with van der Waals surface area (Å²) in [4.78, 5) is 16.2. The Morgan fingerprint density at radius 1 is 1.21 bits per heavy atom. The molecule has 0 aliphatic carbocycles. The van der Waals surface area contributed by atoms with Crippen molar-refractivity contribution in [2.75, 3.05) is 16.3 Å². The standard InChI is InChI=1S/C16H21N3O3S2/c1-3-4-5-6-15(20)18-16-17-14(11-23-16)12-7-9-13(10-8-12)19-24(2,21)22/h7-11,19H,3-6H2,1-2H3,(H,17,18,20). The molecule has 0 aliphatic heterocycles. The van der Waals surface area contributed by atoms with E-state index in [4.69, 9.17) is 0 Å². The third-order valence-corrected chi connectivity index (χ3v) is 4.61. The molecule has 0 radical (unpaired) electrons. The SMILES string of the molecule is CCCCCC(=O)Nc1nc(-c2ccc(NS(C)(=O)=O)cc2)cs1. The molecule has 2 N–H and O–H groups in total. The van der Waals surface area contributed by atoms with Crippen LogP contribution >= 0.6 is 11.3 Å². The Hall–Kier alpha value is -1.93. The van der Waals surface area contributed by atoms with Crippen molar-refractivity contribution in [1.82, 2.24) is 4.98 Å². The lowest BCUT2D eigenvalue weighted by molar-refractivity contribution is -0.116. The number of hydrogen-bond donors (Lipinski definition) is 2. The molecule has 2 aromatic rings. The third kappa shape index (κ3) is 5.93. The average molecular weight is 367 g/mol. The summed E-state index contributed by atoms with van der Waals surface area (Å²) in [6.45, 7) is 2.10. The van der Waals surface area contributed by atoms with Crippen LogP contribution in [0.2, 0.25) is 0 Å². The summed E-state index contributed by atoms with van der Waals surface area (Å²) < 4.78 is 24.8. The van der Waals surface area contributed by atoms with Crippen molar-refractivity contribution >= 4 is 38.1 Å². The molecule has 0 fully saturated rings. The van der Waals surface area contributed by atoms with Gasteiger partial charge >= 0.3 is 0 Å². The van der Waals surface area contributed by atoms with Crippen LogP contribution in [0.5, 0.6) is 0 Å². The smallest absolute Gasteiger partial charge is 0.229 e. The van der Waals surface area contributed by atoms with Crippen LogP contribution in [0.25, 0.3) is 11.3 Å². The van der Waals surface area contributed by atoms with E-state index in [9.17, 15) is 13.2 Å². The molecule has 0 saturated heterocycles. The summed E-state index contributed by atoms with van der Waals surface area (Å²) in [5.74, 6) is -0.0166. The second-order valence-corrected chi connectivity index (χ2v) is 8.10. The highest BCUT2D eigenvalue weighted by atomic mass is 32.2. The largest absolute Gasteiger partial charge is 0.302 e. The van der Waals surface area contributed by atoms with Crippen LogP contribution in [0.3, 0.4) is 0 Å². The second kappa shape index (κ2) is 8.25. The van der Waals surface area contributed by atoms with Crippen LogP contribution in [0, 0.1) is 0 Å². The van der Waals surface area contributed by atoms with Gasteiger partial charge in [-0.3, -0.25) is 9.52 Å². The fraction of sp³-hybridized carbons (Fsp3) is 0.375. The highest BCUT2D eigenvalue weighted by Gasteiger charge is 2.08. The van der Waals surface area contributed by atoms with Gasteiger partial charge in [-0.1, -0.05) is 31.9 Å². The van der Waals surface area contributed by atoms with Crippen molar-refractivity contribution in [1.29, 1.82) is 0 Å². The summed E-state index contributed by atoms with van der Waals surface area (Å²) in [5, 5.41) is 5.25. The summed E-state index contributed by atoms with van der Waals surface area (Å²) in [5.41, 5.74) is 2.10. The Bertz CT molecular complexity index is 783. The molecule has 0 atom stereocenters. The van der Waals surface area contributed by atoms with E-state index in [-0.39, 0.29) is 5.91 Å². The van der Waals surface area contributed by atoms with Crippen LogP contribution in [0.4, 0.5) is 10.8 Å². The minimum Gasteiger partial charge on any atom is -0.302 e. The van der Waals surface area contributed by atoms with Crippen molar-refractivity contribution in [3.8, 4) is 11.3 Å². The molecule has 1 aromatic carbocycles. The van der Waals surface area contributed by atoms with Gasteiger partial charge in [0, 0.05) is 23.1 Å².